The Morgan fingerprint density at radius 3 is 2.59 bits per heavy atom. The maximum Gasteiger partial charge on any atom is 0.259 e. The van der Waals surface area contributed by atoms with Crippen LogP contribution in [0.4, 0.5) is 11.4 Å². The lowest BCUT2D eigenvalue weighted by atomic mass is 10.1. The maximum absolute atomic E-state index is 13.5. The number of aromatic nitrogens is 3. The van der Waals surface area contributed by atoms with E-state index in [1.165, 1.54) is 0 Å². The molecule has 0 N–H and O–H groups in total. The molecule has 2 amide bonds. The highest BCUT2D eigenvalue weighted by Gasteiger charge is 2.32. The van der Waals surface area contributed by atoms with Gasteiger partial charge in [0.05, 0.1) is 28.5 Å². The molecule has 0 radical (unpaired) electrons. The Balaban J connectivity index is 1.87. The number of para-hydroxylation sites is 2. The van der Waals surface area contributed by atoms with Crippen molar-refractivity contribution in [3.8, 4) is 0 Å². The Hall–Kier alpha value is -3.22. The number of benzene rings is 1. The summed E-state index contributed by atoms with van der Waals surface area (Å²) in [5.41, 5.74) is 3.38. The van der Waals surface area contributed by atoms with E-state index in [1.807, 2.05) is 49.7 Å². The standard InChI is InChI=1S/C20H21N5O2/c1-12(2)25-19-15(10-21-25)14(9-13(3)22-19)20(27)24-11-18(26)23(4)16-7-5-6-8-17(16)24/h5-10,12H,11H2,1-4H3. The molecule has 2 aromatic heterocycles. The minimum atomic E-state index is -0.220. The number of carbonyl (C=O) groups excluding carboxylic acids is 2. The third kappa shape index (κ3) is 2.66. The largest absolute Gasteiger partial charge is 0.312 e. The van der Waals surface area contributed by atoms with Crippen LogP contribution in [-0.4, -0.2) is 40.2 Å². The second-order valence-electron chi connectivity index (χ2n) is 7.06. The van der Waals surface area contributed by atoms with Crippen molar-refractivity contribution in [3.63, 3.8) is 0 Å². The lowest BCUT2D eigenvalue weighted by Gasteiger charge is -2.34. The number of carbonyl (C=O) groups is 2. The Labute approximate surface area is 157 Å². The fourth-order valence-corrected chi connectivity index (χ4v) is 3.46. The van der Waals surface area contributed by atoms with E-state index in [0.717, 1.165) is 17.1 Å². The third-order valence-corrected chi connectivity index (χ3v) is 4.86. The van der Waals surface area contributed by atoms with Crippen molar-refractivity contribution in [3.05, 3.63) is 47.8 Å². The van der Waals surface area contributed by atoms with Gasteiger partial charge in [-0.3, -0.25) is 14.5 Å². The van der Waals surface area contributed by atoms with Gasteiger partial charge in [0, 0.05) is 18.8 Å². The van der Waals surface area contributed by atoms with Crippen molar-refractivity contribution in [2.75, 3.05) is 23.4 Å². The van der Waals surface area contributed by atoms with Crippen LogP contribution in [0.15, 0.2) is 36.5 Å². The van der Waals surface area contributed by atoms with E-state index in [9.17, 15) is 9.59 Å². The summed E-state index contributed by atoms with van der Waals surface area (Å²) < 4.78 is 1.81. The minimum absolute atomic E-state index is 0.00747. The molecule has 7 heteroatoms. The van der Waals surface area contributed by atoms with E-state index < -0.39 is 0 Å². The SMILES string of the molecule is Cc1cc(C(=O)N2CC(=O)N(C)c3ccccc32)c2cnn(C(C)C)c2n1. The zero-order valence-electron chi connectivity index (χ0n) is 15.8. The van der Waals surface area contributed by atoms with Crippen molar-refractivity contribution < 1.29 is 9.59 Å². The van der Waals surface area contributed by atoms with E-state index in [1.54, 1.807) is 29.1 Å². The van der Waals surface area contributed by atoms with Crippen LogP contribution < -0.4 is 9.80 Å². The Kier molecular flexibility index (Phi) is 3.95. The molecule has 3 aromatic rings. The van der Waals surface area contributed by atoms with E-state index >= 15 is 0 Å². The van der Waals surface area contributed by atoms with Gasteiger partial charge in [-0.25, -0.2) is 9.67 Å². The minimum Gasteiger partial charge on any atom is -0.312 e. The molecular formula is C20H21N5O2. The van der Waals surface area contributed by atoms with Gasteiger partial charge in [-0.1, -0.05) is 12.1 Å². The van der Waals surface area contributed by atoms with E-state index in [2.05, 4.69) is 10.1 Å². The van der Waals surface area contributed by atoms with Crippen LogP contribution >= 0.6 is 0 Å². The fourth-order valence-electron chi connectivity index (χ4n) is 3.46. The monoisotopic (exact) mass is 363 g/mol. The molecule has 7 nitrogen and oxygen atoms in total. The topological polar surface area (TPSA) is 71.3 Å². The molecule has 0 unspecified atom stereocenters. The number of pyridine rings is 1. The molecule has 4 rings (SSSR count). The summed E-state index contributed by atoms with van der Waals surface area (Å²) in [5.74, 6) is -0.343. The van der Waals surface area contributed by atoms with Crippen LogP contribution in [0, 0.1) is 6.92 Å². The molecule has 0 saturated carbocycles. The van der Waals surface area contributed by atoms with Crippen molar-refractivity contribution in [1.29, 1.82) is 0 Å². The first-order valence-corrected chi connectivity index (χ1v) is 8.90. The molecule has 1 aliphatic rings. The first kappa shape index (κ1) is 17.2. The van der Waals surface area contributed by atoms with E-state index in [4.69, 9.17) is 0 Å². The number of likely N-dealkylation sites (N-methyl/N-ethyl adjacent to an activating group) is 1. The van der Waals surface area contributed by atoms with Crippen LogP contribution in [-0.2, 0) is 4.79 Å². The van der Waals surface area contributed by atoms with Crippen LogP contribution in [0.2, 0.25) is 0 Å². The number of hydrogen-bond donors (Lipinski definition) is 0. The summed E-state index contributed by atoms with van der Waals surface area (Å²) in [6, 6.07) is 9.33. The highest BCUT2D eigenvalue weighted by molar-refractivity contribution is 6.19. The quantitative estimate of drug-likeness (QED) is 0.702. The van der Waals surface area contributed by atoms with Gasteiger partial charge in [0.2, 0.25) is 5.91 Å². The van der Waals surface area contributed by atoms with Gasteiger partial charge in [-0.05, 0) is 39.0 Å². The number of anilines is 2. The number of rotatable bonds is 2. The first-order chi connectivity index (χ1) is 12.9. The van der Waals surface area contributed by atoms with Crippen molar-refractivity contribution >= 4 is 34.2 Å². The number of nitrogens with zero attached hydrogens (tertiary/aromatic N) is 5. The summed E-state index contributed by atoms with van der Waals surface area (Å²) in [7, 11) is 1.73. The number of fused-ring (bicyclic) bond motifs is 2. The molecule has 1 aliphatic heterocycles. The number of aryl methyl sites for hydroxylation is 1. The molecule has 27 heavy (non-hydrogen) atoms. The lowest BCUT2D eigenvalue weighted by Crippen LogP contribution is -2.46. The van der Waals surface area contributed by atoms with Gasteiger partial charge in [0.25, 0.3) is 5.91 Å². The smallest absolute Gasteiger partial charge is 0.259 e. The maximum atomic E-state index is 13.5. The Morgan fingerprint density at radius 1 is 1.19 bits per heavy atom. The summed E-state index contributed by atoms with van der Waals surface area (Å²) in [6.07, 6.45) is 1.68. The second-order valence-corrected chi connectivity index (χ2v) is 7.06. The Bertz CT molecular complexity index is 1070. The molecule has 1 aromatic carbocycles. The van der Waals surface area contributed by atoms with Gasteiger partial charge in [0.15, 0.2) is 5.65 Å². The molecule has 0 spiro atoms. The molecule has 0 bridgehead atoms. The number of amides is 2. The van der Waals surface area contributed by atoms with Crippen LogP contribution in [0.25, 0.3) is 11.0 Å². The molecule has 0 saturated heterocycles. The van der Waals surface area contributed by atoms with Crippen molar-refractivity contribution in [2.24, 2.45) is 0 Å². The number of hydrogen-bond acceptors (Lipinski definition) is 4. The summed E-state index contributed by atoms with van der Waals surface area (Å²) in [6.45, 7) is 5.91. The van der Waals surface area contributed by atoms with Crippen LogP contribution in [0.1, 0.15) is 35.9 Å². The molecule has 3 heterocycles. The summed E-state index contributed by atoms with van der Waals surface area (Å²) in [5, 5.41) is 5.10. The van der Waals surface area contributed by atoms with E-state index in [0.29, 0.717) is 16.6 Å². The van der Waals surface area contributed by atoms with Gasteiger partial charge >= 0.3 is 0 Å². The average molecular weight is 363 g/mol. The van der Waals surface area contributed by atoms with E-state index in [-0.39, 0.29) is 24.4 Å². The molecule has 138 valence electrons. The van der Waals surface area contributed by atoms with Crippen LogP contribution in [0.5, 0.6) is 0 Å². The average Bonchev–Trinajstić information content (AvgIpc) is 3.07. The van der Waals surface area contributed by atoms with Gasteiger partial charge in [-0.15, -0.1) is 0 Å². The fraction of sp³-hybridized carbons (Fsp3) is 0.300. The normalized spacial score (nSPS) is 14.2. The second kappa shape index (κ2) is 6.19. The molecular weight excluding hydrogens is 342 g/mol. The molecule has 0 aliphatic carbocycles. The molecule has 0 atom stereocenters. The lowest BCUT2D eigenvalue weighted by molar-refractivity contribution is -0.117. The highest BCUT2D eigenvalue weighted by atomic mass is 16.2. The Morgan fingerprint density at radius 2 is 1.89 bits per heavy atom. The van der Waals surface area contributed by atoms with Gasteiger partial charge < -0.3 is 4.90 Å². The summed E-state index contributed by atoms with van der Waals surface area (Å²) >= 11 is 0. The predicted octanol–water partition coefficient (Wildman–Crippen LogP) is 2.94. The first-order valence-electron chi connectivity index (χ1n) is 8.90. The zero-order chi connectivity index (χ0) is 19.3. The van der Waals surface area contributed by atoms with Crippen molar-refractivity contribution in [1.82, 2.24) is 14.8 Å². The van der Waals surface area contributed by atoms with Gasteiger partial charge in [0.1, 0.15) is 6.54 Å². The summed E-state index contributed by atoms with van der Waals surface area (Å²) in [4.78, 5) is 33.6. The highest BCUT2D eigenvalue weighted by Crippen LogP contribution is 2.34. The molecule has 0 fully saturated rings. The zero-order valence-corrected chi connectivity index (χ0v) is 15.8. The van der Waals surface area contributed by atoms with Crippen LogP contribution in [0.3, 0.4) is 0 Å². The predicted molar refractivity (Wildman–Crippen MR) is 104 cm³/mol. The third-order valence-electron chi connectivity index (χ3n) is 4.86. The van der Waals surface area contributed by atoms with Gasteiger partial charge in [-0.2, -0.15) is 5.10 Å². The van der Waals surface area contributed by atoms with Crippen molar-refractivity contribution in [2.45, 2.75) is 26.8 Å².